The largest absolute Gasteiger partial charge is 0.393 e. The summed E-state index contributed by atoms with van der Waals surface area (Å²) in [6.07, 6.45) is 4.14. The van der Waals surface area contributed by atoms with Crippen LogP contribution in [0.25, 0.3) is 0 Å². The van der Waals surface area contributed by atoms with Gasteiger partial charge in [0.15, 0.2) is 0 Å². The van der Waals surface area contributed by atoms with Crippen LogP contribution < -0.4 is 0 Å². The van der Waals surface area contributed by atoms with Gasteiger partial charge in [0.05, 0.1) is 6.10 Å². The van der Waals surface area contributed by atoms with Gasteiger partial charge < -0.3 is 5.11 Å². The first-order valence-electron chi connectivity index (χ1n) is 6.34. The van der Waals surface area contributed by atoms with E-state index < -0.39 is 16.3 Å². The van der Waals surface area contributed by atoms with E-state index in [-0.39, 0.29) is 0 Å². The highest BCUT2D eigenvalue weighted by molar-refractivity contribution is 7.86. The van der Waals surface area contributed by atoms with Gasteiger partial charge in [-0.15, -0.1) is 0 Å². The van der Waals surface area contributed by atoms with E-state index in [0.29, 0.717) is 26.1 Å². The summed E-state index contributed by atoms with van der Waals surface area (Å²) in [7, 11) is -1.74. The van der Waals surface area contributed by atoms with Crippen LogP contribution in [0, 0.1) is 0 Å². The van der Waals surface area contributed by atoms with Crippen molar-refractivity contribution in [2.75, 3.05) is 26.7 Å². The van der Waals surface area contributed by atoms with Crippen LogP contribution in [-0.2, 0) is 10.2 Å². The van der Waals surface area contributed by atoms with Gasteiger partial charge in [-0.2, -0.15) is 17.0 Å². The fraction of sp³-hybridized carbons (Fsp3) is 1.00. The Morgan fingerprint density at radius 1 is 1.24 bits per heavy atom. The number of rotatable bonds is 5. The molecule has 0 saturated carbocycles. The van der Waals surface area contributed by atoms with Gasteiger partial charge in [0, 0.05) is 26.7 Å². The molecular formula is C11H24N2O3S. The molecule has 1 rings (SSSR count). The third-order valence-electron chi connectivity index (χ3n) is 3.15. The Hall–Kier alpha value is -0.170. The fourth-order valence-corrected chi connectivity index (χ4v) is 3.40. The highest BCUT2D eigenvalue weighted by Crippen LogP contribution is 2.15. The van der Waals surface area contributed by atoms with E-state index in [2.05, 4.69) is 0 Å². The minimum absolute atomic E-state index is 0.372. The van der Waals surface area contributed by atoms with Gasteiger partial charge in [0.2, 0.25) is 0 Å². The second-order valence-corrected chi connectivity index (χ2v) is 6.82. The summed E-state index contributed by atoms with van der Waals surface area (Å²) in [5, 5.41) is 9.19. The normalized spacial score (nSPS) is 21.4. The molecule has 1 fully saturated rings. The molecular weight excluding hydrogens is 240 g/mol. The van der Waals surface area contributed by atoms with Crippen LogP contribution >= 0.6 is 0 Å². The van der Waals surface area contributed by atoms with Crippen molar-refractivity contribution < 1.29 is 13.5 Å². The summed E-state index contributed by atoms with van der Waals surface area (Å²) in [5.74, 6) is 0. The molecule has 0 aromatic heterocycles. The Labute approximate surface area is 105 Å². The lowest BCUT2D eigenvalue weighted by Gasteiger charge is -2.26. The van der Waals surface area contributed by atoms with Crippen LogP contribution in [0.1, 0.15) is 39.0 Å². The van der Waals surface area contributed by atoms with Gasteiger partial charge in [-0.1, -0.05) is 12.8 Å². The molecule has 17 heavy (non-hydrogen) atoms. The van der Waals surface area contributed by atoms with Crippen LogP contribution in [0.5, 0.6) is 0 Å². The van der Waals surface area contributed by atoms with Crippen LogP contribution in [0.4, 0.5) is 0 Å². The predicted molar refractivity (Wildman–Crippen MR) is 67.9 cm³/mol. The minimum Gasteiger partial charge on any atom is -0.393 e. The number of hydrogen-bond acceptors (Lipinski definition) is 3. The van der Waals surface area contributed by atoms with E-state index in [1.807, 2.05) is 0 Å². The monoisotopic (exact) mass is 264 g/mol. The van der Waals surface area contributed by atoms with Gasteiger partial charge in [-0.25, -0.2) is 0 Å². The van der Waals surface area contributed by atoms with Gasteiger partial charge in [-0.3, -0.25) is 0 Å². The lowest BCUT2D eigenvalue weighted by atomic mass is 10.2. The molecule has 0 aromatic rings. The smallest absolute Gasteiger partial charge is 0.281 e. The molecule has 1 aliphatic rings. The molecule has 0 spiro atoms. The molecule has 0 bridgehead atoms. The van der Waals surface area contributed by atoms with Gasteiger partial charge in [0.1, 0.15) is 0 Å². The second kappa shape index (κ2) is 6.68. The van der Waals surface area contributed by atoms with E-state index in [4.69, 9.17) is 0 Å². The number of aliphatic hydroxyl groups is 1. The van der Waals surface area contributed by atoms with Crippen molar-refractivity contribution in [3.63, 3.8) is 0 Å². The highest BCUT2D eigenvalue weighted by atomic mass is 32.2. The molecule has 0 radical (unpaired) electrons. The topological polar surface area (TPSA) is 60.9 Å². The minimum atomic E-state index is -3.33. The third-order valence-corrected chi connectivity index (χ3v) is 5.13. The van der Waals surface area contributed by atoms with E-state index in [9.17, 15) is 13.5 Å². The van der Waals surface area contributed by atoms with Crippen LogP contribution in [0.2, 0.25) is 0 Å². The molecule has 1 N–H and O–H groups in total. The average molecular weight is 264 g/mol. The lowest BCUT2D eigenvalue weighted by molar-refractivity contribution is 0.176. The molecule has 0 aliphatic carbocycles. The Bertz CT molecular complexity index is 309. The average Bonchev–Trinajstić information content (AvgIpc) is 2.54. The first-order chi connectivity index (χ1) is 7.94. The molecule has 6 heteroatoms. The van der Waals surface area contributed by atoms with Crippen molar-refractivity contribution in [2.24, 2.45) is 0 Å². The number of hydrogen-bond donors (Lipinski definition) is 1. The first-order valence-corrected chi connectivity index (χ1v) is 7.74. The second-order valence-electron chi connectivity index (χ2n) is 4.78. The summed E-state index contributed by atoms with van der Waals surface area (Å²) in [5.41, 5.74) is 0. The number of nitrogens with zero attached hydrogens (tertiary/aromatic N) is 2. The van der Waals surface area contributed by atoms with Crippen LogP contribution in [0.3, 0.4) is 0 Å². The summed E-state index contributed by atoms with van der Waals surface area (Å²) >= 11 is 0. The van der Waals surface area contributed by atoms with Crippen molar-refractivity contribution in [1.82, 2.24) is 8.61 Å². The summed E-state index contributed by atoms with van der Waals surface area (Å²) in [4.78, 5) is 0. The fourth-order valence-electron chi connectivity index (χ4n) is 1.95. The van der Waals surface area contributed by atoms with Crippen LogP contribution in [-0.4, -0.2) is 54.9 Å². The zero-order valence-electron chi connectivity index (χ0n) is 10.8. The molecule has 1 heterocycles. The Morgan fingerprint density at radius 3 is 2.24 bits per heavy atom. The van der Waals surface area contributed by atoms with Crippen molar-refractivity contribution in [1.29, 1.82) is 0 Å². The SMILES string of the molecule is C[C@@H](O)CCN(C)S(=O)(=O)N1CCCCCC1. The maximum absolute atomic E-state index is 12.2. The Morgan fingerprint density at radius 2 is 1.76 bits per heavy atom. The van der Waals surface area contributed by atoms with Crippen molar-refractivity contribution in [3.05, 3.63) is 0 Å². The quantitative estimate of drug-likeness (QED) is 0.799. The molecule has 0 amide bonds. The van der Waals surface area contributed by atoms with E-state index in [1.165, 1.54) is 4.31 Å². The highest BCUT2D eigenvalue weighted by Gasteiger charge is 2.27. The van der Waals surface area contributed by atoms with E-state index >= 15 is 0 Å². The Balaban J connectivity index is 2.58. The van der Waals surface area contributed by atoms with Crippen molar-refractivity contribution in [2.45, 2.75) is 45.1 Å². The molecule has 0 unspecified atom stereocenters. The first kappa shape index (κ1) is 14.9. The van der Waals surface area contributed by atoms with Gasteiger partial charge >= 0.3 is 0 Å². The molecule has 1 atom stereocenters. The zero-order valence-corrected chi connectivity index (χ0v) is 11.6. The molecule has 1 saturated heterocycles. The maximum atomic E-state index is 12.2. The number of aliphatic hydroxyl groups excluding tert-OH is 1. The van der Waals surface area contributed by atoms with E-state index in [0.717, 1.165) is 25.7 Å². The van der Waals surface area contributed by atoms with Crippen molar-refractivity contribution >= 4 is 10.2 Å². The lowest BCUT2D eigenvalue weighted by Crippen LogP contribution is -2.43. The van der Waals surface area contributed by atoms with Gasteiger partial charge in [-0.05, 0) is 26.2 Å². The Kier molecular flexibility index (Phi) is 5.85. The molecule has 5 nitrogen and oxygen atoms in total. The van der Waals surface area contributed by atoms with E-state index in [1.54, 1.807) is 18.3 Å². The standard InChI is InChI=1S/C11H24N2O3S/c1-11(14)7-10-12(2)17(15,16)13-8-5-3-4-6-9-13/h11,14H,3-10H2,1-2H3/t11-/m1/s1. The van der Waals surface area contributed by atoms with Crippen LogP contribution in [0.15, 0.2) is 0 Å². The molecule has 0 aromatic carbocycles. The zero-order chi connectivity index (χ0) is 12.9. The maximum Gasteiger partial charge on any atom is 0.281 e. The predicted octanol–water partition coefficient (Wildman–Crippen LogP) is 0.810. The summed E-state index contributed by atoms with van der Waals surface area (Å²) in [6.45, 7) is 3.30. The molecule has 1 aliphatic heterocycles. The summed E-state index contributed by atoms with van der Waals surface area (Å²) < 4.78 is 27.4. The molecule has 102 valence electrons. The van der Waals surface area contributed by atoms with Crippen molar-refractivity contribution in [3.8, 4) is 0 Å². The van der Waals surface area contributed by atoms with Gasteiger partial charge in [0.25, 0.3) is 10.2 Å². The summed E-state index contributed by atoms with van der Waals surface area (Å²) in [6, 6.07) is 0. The third kappa shape index (κ3) is 4.54.